The van der Waals surface area contributed by atoms with Crippen molar-refractivity contribution in [1.29, 1.82) is 0 Å². The van der Waals surface area contributed by atoms with Crippen LogP contribution in [0.25, 0.3) is 0 Å². The number of carbonyl (C=O) groups excluding carboxylic acids is 2. The van der Waals surface area contributed by atoms with Gasteiger partial charge < -0.3 is 19.5 Å². The van der Waals surface area contributed by atoms with Crippen LogP contribution in [0.15, 0.2) is 42.5 Å². The maximum absolute atomic E-state index is 13.2. The van der Waals surface area contributed by atoms with Crippen molar-refractivity contribution < 1.29 is 41.9 Å². The number of nitrogens with one attached hydrogen (secondary N) is 1. The van der Waals surface area contributed by atoms with Gasteiger partial charge >= 0.3 is 12.1 Å². The summed E-state index contributed by atoms with van der Waals surface area (Å²) < 4.78 is 55.1. The number of non-ortho nitro benzene ring substituents is 1. The number of benzene rings is 2. The first-order valence-corrected chi connectivity index (χ1v) is 9.64. The minimum absolute atomic E-state index is 0.0842. The van der Waals surface area contributed by atoms with Crippen molar-refractivity contribution in [2.45, 2.75) is 32.0 Å². The standard InChI is InChI=1S/C21H21F3N2O7/c1-13(33-19(27)4-3-11-32-16-8-6-15(31-2)7-9-16)20(28)25-18-10-5-14(26(29)30)12-17(18)21(22,23)24/h5-10,12-13H,3-4,11H2,1-2H3,(H,25,28). The molecule has 2 rings (SSSR count). The number of esters is 1. The summed E-state index contributed by atoms with van der Waals surface area (Å²) in [7, 11) is 1.53. The molecule has 0 aliphatic heterocycles. The SMILES string of the molecule is COc1ccc(OCCCC(=O)OC(C)C(=O)Nc2ccc([N+](=O)[O-])cc2C(F)(F)F)cc1. The van der Waals surface area contributed by atoms with Crippen LogP contribution in [0, 0.1) is 10.1 Å². The van der Waals surface area contributed by atoms with Crippen molar-refractivity contribution in [2.75, 3.05) is 19.0 Å². The first-order chi connectivity index (χ1) is 15.5. The third-order valence-electron chi connectivity index (χ3n) is 4.31. The molecule has 0 aromatic heterocycles. The molecule has 0 saturated carbocycles. The molecule has 0 bridgehead atoms. The Morgan fingerprint density at radius 3 is 2.33 bits per heavy atom. The first kappa shape index (κ1) is 25.4. The number of amides is 1. The third-order valence-corrected chi connectivity index (χ3v) is 4.31. The van der Waals surface area contributed by atoms with E-state index in [2.05, 4.69) is 0 Å². The van der Waals surface area contributed by atoms with E-state index in [-0.39, 0.29) is 19.4 Å². The van der Waals surface area contributed by atoms with Crippen LogP contribution in [0.2, 0.25) is 0 Å². The molecule has 0 aliphatic rings. The number of nitro benzene ring substituents is 1. The molecule has 0 heterocycles. The van der Waals surface area contributed by atoms with Crippen molar-refractivity contribution in [3.05, 3.63) is 58.1 Å². The summed E-state index contributed by atoms with van der Waals surface area (Å²) in [6.07, 6.45) is -6.14. The van der Waals surface area contributed by atoms with Gasteiger partial charge in [0.05, 0.1) is 29.9 Å². The number of halogens is 3. The second-order valence-electron chi connectivity index (χ2n) is 6.73. The lowest BCUT2D eigenvalue weighted by Gasteiger charge is -2.17. The summed E-state index contributed by atoms with van der Waals surface area (Å²) in [6.45, 7) is 1.39. The molecule has 178 valence electrons. The number of hydrogen-bond acceptors (Lipinski definition) is 7. The monoisotopic (exact) mass is 470 g/mol. The average molecular weight is 470 g/mol. The summed E-state index contributed by atoms with van der Waals surface area (Å²) >= 11 is 0. The summed E-state index contributed by atoms with van der Waals surface area (Å²) in [6, 6.07) is 8.70. The molecule has 33 heavy (non-hydrogen) atoms. The Kier molecular flexibility index (Phi) is 8.60. The molecule has 1 N–H and O–H groups in total. The minimum atomic E-state index is -4.95. The fourth-order valence-electron chi connectivity index (χ4n) is 2.61. The Bertz CT molecular complexity index is 994. The molecule has 2 aromatic rings. The maximum atomic E-state index is 13.2. The summed E-state index contributed by atoms with van der Waals surface area (Å²) in [5, 5.41) is 12.7. The smallest absolute Gasteiger partial charge is 0.418 e. The molecule has 0 radical (unpaired) electrons. The van der Waals surface area contributed by atoms with Crippen molar-refractivity contribution in [2.24, 2.45) is 0 Å². The molecule has 1 unspecified atom stereocenters. The van der Waals surface area contributed by atoms with E-state index in [9.17, 15) is 32.9 Å². The topological polar surface area (TPSA) is 117 Å². The number of methoxy groups -OCH3 is 1. The van der Waals surface area contributed by atoms with E-state index in [4.69, 9.17) is 14.2 Å². The van der Waals surface area contributed by atoms with Gasteiger partial charge in [-0.1, -0.05) is 0 Å². The quantitative estimate of drug-likeness (QED) is 0.237. The molecular formula is C21H21F3N2O7. The van der Waals surface area contributed by atoms with E-state index < -0.39 is 46.0 Å². The van der Waals surface area contributed by atoms with Crippen LogP contribution in [0.5, 0.6) is 11.5 Å². The van der Waals surface area contributed by atoms with Gasteiger partial charge in [-0.2, -0.15) is 13.2 Å². The normalized spacial score (nSPS) is 11.9. The highest BCUT2D eigenvalue weighted by Gasteiger charge is 2.36. The van der Waals surface area contributed by atoms with Gasteiger partial charge in [-0.25, -0.2) is 0 Å². The molecule has 1 atom stereocenters. The Labute approximate surface area is 186 Å². The lowest BCUT2D eigenvalue weighted by atomic mass is 10.1. The Hall–Kier alpha value is -3.83. The second kappa shape index (κ2) is 11.2. The molecule has 12 heteroatoms. The van der Waals surface area contributed by atoms with Gasteiger partial charge in [0.25, 0.3) is 11.6 Å². The van der Waals surface area contributed by atoms with Crippen LogP contribution in [-0.4, -0.2) is 36.6 Å². The fourth-order valence-corrected chi connectivity index (χ4v) is 2.61. The largest absolute Gasteiger partial charge is 0.497 e. The van der Waals surface area contributed by atoms with Gasteiger partial charge in [-0.05, 0) is 43.7 Å². The third kappa shape index (κ3) is 7.66. The maximum Gasteiger partial charge on any atom is 0.418 e. The number of hydrogen-bond donors (Lipinski definition) is 1. The predicted molar refractivity (Wildman–Crippen MR) is 110 cm³/mol. The first-order valence-electron chi connectivity index (χ1n) is 9.64. The Balaban J connectivity index is 1.85. The van der Waals surface area contributed by atoms with E-state index in [1.165, 1.54) is 14.0 Å². The van der Waals surface area contributed by atoms with Crippen LogP contribution < -0.4 is 14.8 Å². The van der Waals surface area contributed by atoms with Crippen LogP contribution in [0.3, 0.4) is 0 Å². The zero-order chi connectivity index (χ0) is 24.6. The van der Waals surface area contributed by atoms with E-state index in [0.717, 1.165) is 12.1 Å². The number of carbonyl (C=O) groups is 2. The molecule has 2 aromatic carbocycles. The highest BCUT2D eigenvalue weighted by Crippen LogP contribution is 2.37. The number of anilines is 1. The molecule has 0 aliphatic carbocycles. The number of ether oxygens (including phenoxy) is 3. The molecule has 0 fully saturated rings. The molecule has 9 nitrogen and oxygen atoms in total. The lowest BCUT2D eigenvalue weighted by molar-refractivity contribution is -0.385. The highest BCUT2D eigenvalue weighted by atomic mass is 19.4. The lowest BCUT2D eigenvalue weighted by Crippen LogP contribution is -2.30. The molecule has 1 amide bonds. The van der Waals surface area contributed by atoms with Gasteiger partial charge in [-0.3, -0.25) is 19.7 Å². The molecule has 0 spiro atoms. The van der Waals surface area contributed by atoms with Crippen LogP contribution in [-0.2, 0) is 20.5 Å². The summed E-state index contributed by atoms with van der Waals surface area (Å²) in [5.74, 6) is -0.525. The average Bonchev–Trinajstić information content (AvgIpc) is 2.76. The van der Waals surface area contributed by atoms with Crippen molar-refractivity contribution in [1.82, 2.24) is 0 Å². The Morgan fingerprint density at radius 2 is 1.76 bits per heavy atom. The van der Waals surface area contributed by atoms with Gasteiger partial charge in [0.15, 0.2) is 6.10 Å². The minimum Gasteiger partial charge on any atom is -0.497 e. The number of rotatable bonds is 10. The number of nitro groups is 1. The van der Waals surface area contributed by atoms with Gasteiger partial charge in [0.2, 0.25) is 0 Å². The van der Waals surface area contributed by atoms with E-state index in [0.29, 0.717) is 17.6 Å². The van der Waals surface area contributed by atoms with E-state index in [1.54, 1.807) is 24.3 Å². The zero-order valence-electron chi connectivity index (χ0n) is 17.7. The molecule has 0 saturated heterocycles. The van der Waals surface area contributed by atoms with Crippen molar-refractivity contribution >= 4 is 23.3 Å². The molecular weight excluding hydrogens is 449 g/mol. The van der Waals surface area contributed by atoms with E-state index >= 15 is 0 Å². The number of alkyl halides is 3. The summed E-state index contributed by atoms with van der Waals surface area (Å²) in [4.78, 5) is 33.9. The van der Waals surface area contributed by atoms with Crippen molar-refractivity contribution in [3.63, 3.8) is 0 Å². The van der Waals surface area contributed by atoms with Crippen LogP contribution in [0.1, 0.15) is 25.3 Å². The highest BCUT2D eigenvalue weighted by molar-refractivity contribution is 5.96. The van der Waals surface area contributed by atoms with E-state index in [1.807, 2.05) is 5.32 Å². The number of nitrogens with zero attached hydrogens (tertiary/aromatic N) is 1. The van der Waals surface area contributed by atoms with Gasteiger partial charge in [0.1, 0.15) is 11.5 Å². The van der Waals surface area contributed by atoms with Crippen molar-refractivity contribution in [3.8, 4) is 11.5 Å². The van der Waals surface area contributed by atoms with Gasteiger partial charge in [-0.15, -0.1) is 0 Å². The summed E-state index contributed by atoms with van der Waals surface area (Å²) in [5.41, 5.74) is -2.86. The van der Waals surface area contributed by atoms with Crippen LogP contribution >= 0.6 is 0 Å². The van der Waals surface area contributed by atoms with Crippen LogP contribution in [0.4, 0.5) is 24.5 Å². The fraction of sp³-hybridized carbons (Fsp3) is 0.333. The second-order valence-corrected chi connectivity index (χ2v) is 6.73. The van der Waals surface area contributed by atoms with Gasteiger partial charge in [0, 0.05) is 18.6 Å². The zero-order valence-corrected chi connectivity index (χ0v) is 17.7. The Morgan fingerprint density at radius 1 is 1.12 bits per heavy atom. The predicted octanol–water partition coefficient (Wildman–Crippen LogP) is 4.35.